The van der Waals surface area contributed by atoms with E-state index in [9.17, 15) is 9.59 Å². The van der Waals surface area contributed by atoms with Crippen LogP contribution >= 0.6 is 11.3 Å². The van der Waals surface area contributed by atoms with E-state index in [1.807, 2.05) is 29.2 Å². The number of aromatic nitrogens is 3. The lowest BCUT2D eigenvalue weighted by molar-refractivity contribution is 0.0793. The van der Waals surface area contributed by atoms with Gasteiger partial charge in [0.15, 0.2) is 0 Å². The van der Waals surface area contributed by atoms with E-state index in [0.29, 0.717) is 32.3 Å². The molecule has 3 heterocycles. The predicted octanol–water partition coefficient (Wildman–Crippen LogP) is 3.29. The summed E-state index contributed by atoms with van der Waals surface area (Å²) in [7, 11) is 1.60. The third-order valence-electron chi connectivity index (χ3n) is 5.19. The average molecular weight is 421 g/mol. The second-order valence-electron chi connectivity index (χ2n) is 7.08. The van der Waals surface area contributed by atoms with Gasteiger partial charge in [-0.15, -0.1) is 5.10 Å². The van der Waals surface area contributed by atoms with E-state index in [4.69, 9.17) is 4.74 Å². The zero-order valence-electron chi connectivity index (χ0n) is 16.3. The number of anilines is 2. The Morgan fingerprint density at radius 1 is 1.17 bits per heavy atom. The van der Waals surface area contributed by atoms with Crippen molar-refractivity contribution in [2.45, 2.75) is 12.8 Å². The number of rotatable bonds is 4. The average Bonchev–Trinajstić information content (AvgIpc) is 3.43. The molecule has 5 rings (SSSR count). The quantitative estimate of drug-likeness (QED) is 0.544. The van der Waals surface area contributed by atoms with Crippen LogP contribution in [-0.2, 0) is 0 Å². The van der Waals surface area contributed by atoms with Gasteiger partial charge in [-0.3, -0.25) is 9.59 Å². The molecule has 2 aromatic heterocycles. The SMILES string of the molecule is COc1ccccc1Nc1nn2c(=O)c3ccc(C(=O)N4CCCC4)cc3nc2s1. The minimum atomic E-state index is -0.264. The Balaban J connectivity index is 1.54. The van der Waals surface area contributed by atoms with Crippen molar-refractivity contribution in [2.75, 3.05) is 25.5 Å². The van der Waals surface area contributed by atoms with Gasteiger partial charge in [-0.2, -0.15) is 4.52 Å². The number of methoxy groups -OCH3 is 1. The second-order valence-corrected chi connectivity index (χ2v) is 8.03. The summed E-state index contributed by atoms with van der Waals surface area (Å²) in [6, 6.07) is 12.5. The number of ether oxygens (including phenoxy) is 1. The van der Waals surface area contributed by atoms with Crippen molar-refractivity contribution >= 4 is 43.9 Å². The van der Waals surface area contributed by atoms with E-state index in [2.05, 4.69) is 15.4 Å². The summed E-state index contributed by atoms with van der Waals surface area (Å²) in [6.07, 6.45) is 2.06. The van der Waals surface area contributed by atoms with Crippen LogP contribution in [-0.4, -0.2) is 45.6 Å². The molecule has 1 fully saturated rings. The molecular weight excluding hydrogens is 402 g/mol. The minimum absolute atomic E-state index is 0.0146. The number of fused-ring (bicyclic) bond motifs is 2. The summed E-state index contributed by atoms with van der Waals surface area (Å²) in [6.45, 7) is 1.55. The molecule has 1 aliphatic rings. The summed E-state index contributed by atoms with van der Waals surface area (Å²) in [5.74, 6) is 0.659. The number of nitrogens with zero attached hydrogens (tertiary/aromatic N) is 4. The van der Waals surface area contributed by atoms with Gasteiger partial charge in [0, 0.05) is 18.7 Å². The van der Waals surface area contributed by atoms with Gasteiger partial charge >= 0.3 is 0 Å². The molecule has 9 heteroatoms. The van der Waals surface area contributed by atoms with Crippen molar-refractivity contribution in [1.82, 2.24) is 19.5 Å². The van der Waals surface area contributed by atoms with Crippen LogP contribution in [0.1, 0.15) is 23.2 Å². The first-order chi connectivity index (χ1) is 14.6. The summed E-state index contributed by atoms with van der Waals surface area (Å²) in [4.78, 5) is 32.5. The lowest BCUT2D eigenvalue weighted by Crippen LogP contribution is -2.27. The highest BCUT2D eigenvalue weighted by Gasteiger charge is 2.20. The molecule has 152 valence electrons. The van der Waals surface area contributed by atoms with Crippen molar-refractivity contribution in [1.29, 1.82) is 0 Å². The van der Waals surface area contributed by atoms with Crippen LogP contribution < -0.4 is 15.6 Å². The molecule has 1 saturated heterocycles. The third-order valence-corrected chi connectivity index (χ3v) is 6.01. The minimum Gasteiger partial charge on any atom is -0.495 e. The van der Waals surface area contributed by atoms with Crippen molar-refractivity contribution in [3.63, 3.8) is 0 Å². The highest BCUT2D eigenvalue weighted by Crippen LogP contribution is 2.29. The Morgan fingerprint density at radius 2 is 1.97 bits per heavy atom. The van der Waals surface area contributed by atoms with Crippen molar-refractivity contribution in [2.24, 2.45) is 0 Å². The van der Waals surface area contributed by atoms with Gasteiger partial charge in [0.1, 0.15) is 5.75 Å². The van der Waals surface area contributed by atoms with Gasteiger partial charge in [0.05, 0.1) is 23.7 Å². The normalized spacial score (nSPS) is 13.8. The number of hydrogen-bond donors (Lipinski definition) is 1. The van der Waals surface area contributed by atoms with Crippen molar-refractivity contribution < 1.29 is 9.53 Å². The number of nitrogens with one attached hydrogen (secondary N) is 1. The van der Waals surface area contributed by atoms with Gasteiger partial charge in [0.25, 0.3) is 11.5 Å². The van der Waals surface area contributed by atoms with E-state index in [-0.39, 0.29) is 11.5 Å². The molecule has 0 unspecified atom stereocenters. The molecule has 8 nitrogen and oxygen atoms in total. The largest absolute Gasteiger partial charge is 0.495 e. The molecule has 0 atom stereocenters. The van der Waals surface area contributed by atoms with Gasteiger partial charge < -0.3 is 15.0 Å². The lowest BCUT2D eigenvalue weighted by atomic mass is 10.1. The topological polar surface area (TPSA) is 88.8 Å². The highest BCUT2D eigenvalue weighted by atomic mass is 32.1. The maximum Gasteiger partial charge on any atom is 0.283 e. The summed E-state index contributed by atoms with van der Waals surface area (Å²) < 4.78 is 6.63. The molecule has 0 saturated carbocycles. The van der Waals surface area contributed by atoms with Gasteiger partial charge in [-0.1, -0.05) is 23.5 Å². The highest BCUT2D eigenvalue weighted by molar-refractivity contribution is 7.20. The molecule has 2 aromatic carbocycles. The second kappa shape index (κ2) is 7.42. The fourth-order valence-electron chi connectivity index (χ4n) is 3.66. The molecule has 4 aromatic rings. The number of carbonyl (C=O) groups is 1. The molecule has 0 radical (unpaired) electrons. The zero-order valence-corrected chi connectivity index (χ0v) is 17.1. The maximum atomic E-state index is 12.9. The fraction of sp³-hybridized carbons (Fsp3) is 0.238. The van der Waals surface area contributed by atoms with E-state index in [0.717, 1.165) is 31.6 Å². The van der Waals surface area contributed by atoms with Gasteiger partial charge in [-0.25, -0.2) is 4.98 Å². The number of para-hydroxylation sites is 2. The Hall–Kier alpha value is -3.46. The first kappa shape index (κ1) is 18.6. The number of amides is 1. The molecule has 0 spiro atoms. The fourth-order valence-corrected chi connectivity index (χ4v) is 4.47. The van der Waals surface area contributed by atoms with Crippen molar-refractivity contribution in [3.05, 3.63) is 58.4 Å². The monoisotopic (exact) mass is 421 g/mol. The van der Waals surface area contributed by atoms with Crippen LogP contribution in [0.25, 0.3) is 15.9 Å². The molecule has 1 aliphatic heterocycles. The van der Waals surface area contributed by atoms with Crippen LogP contribution in [0.2, 0.25) is 0 Å². The predicted molar refractivity (Wildman–Crippen MR) is 116 cm³/mol. The van der Waals surface area contributed by atoms with Gasteiger partial charge in [-0.05, 0) is 43.2 Å². The Morgan fingerprint density at radius 3 is 2.77 bits per heavy atom. The van der Waals surface area contributed by atoms with Gasteiger partial charge in [0.2, 0.25) is 10.1 Å². The Kier molecular flexibility index (Phi) is 4.59. The van der Waals surface area contributed by atoms with Crippen LogP contribution in [0, 0.1) is 0 Å². The zero-order chi connectivity index (χ0) is 20.7. The van der Waals surface area contributed by atoms with Crippen LogP contribution in [0.4, 0.5) is 10.8 Å². The number of carbonyl (C=O) groups excluding carboxylic acids is 1. The maximum absolute atomic E-state index is 12.9. The van der Waals surface area contributed by atoms with Crippen molar-refractivity contribution in [3.8, 4) is 5.75 Å². The Bertz CT molecular complexity index is 1320. The van der Waals surface area contributed by atoms with Crippen LogP contribution in [0.15, 0.2) is 47.3 Å². The number of benzene rings is 2. The standard InChI is InChI=1S/C21H19N5O3S/c1-29-17-7-3-2-6-15(17)22-20-24-26-19(28)14-9-8-13(12-16(14)23-21(26)30-20)18(27)25-10-4-5-11-25/h2-3,6-9,12H,4-5,10-11H2,1H3,(H,22,24). The molecular formula is C21H19N5O3S. The molecule has 1 amide bonds. The molecule has 0 aliphatic carbocycles. The van der Waals surface area contributed by atoms with E-state index < -0.39 is 0 Å². The Labute approximate surface area is 175 Å². The first-order valence-electron chi connectivity index (χ1n) is 9.67. The summed E-state index contributed by atoms with van der Waals surface area (Å²) >= 11 is 1.26. The lowest BCUT2D eigenvalue weighted by Gasteiger charge is -2.15. The van der Waals surface area contributed by atoms with E-state index >= 15 is 0 Å². The third kappa shape index (κ3) is 3.17. The summed E-state index contributed by atoms with van der Waals surface area (Å²) in [5.41, 5.74) is 1.53. The van der Waals surface area contributed by atoms with E-state index in [1.54, 1.807) is 25.3 Å². The molecule has 0 bridgehead atoms. The molecule has 30 heavy (non-hydrogen) atoms. The smallest absolute Gasteiger partial charge is 0.283 e. The number of likely N-dealkylation sites (tertiary alicyclic amines) is 1. The van der Waals surface area contributed by atoms with Crippen LogP contribution in [0.5, 0.6) is 5.75 Å². The van der Waals surface area contributed by atoms with Crippen LogP contribution in [0.3, 0.4) is 0 Å². The van der Waals surface area contributed by atoms with E-state index in [1.165, 1.54) is 15.9 Å². The molecule has 1 N–H and O–H groups in total. The first-order valence-corrected chi connectivity index (χ1v) is 10.5. The number of hydrogen-bond acceptors (Lipinski definition) is 7. The summed E-state index contributed by atoms with van der Waals surface area (Å²) in [5, 5.41) is 8.51.